The van der Waals surface area contributed by atoms with E-state index in [1.165, 1.54) is 6.07 Å². The Labute approximate surface area is 152 Å². The molecule has 1 aromatic rings. The highest BCUT2D eigenvalue weighted by atomic mass is 35.5. The fourth-order valence-electron chi connectivity index (χ4n) is 2.64. The molecule has 6 nitrogen and oxygen atoms in total. The number of benzene rings is 1. The van der Waals surface area contributed by atoms with Crippen LogP contribution in [0.25, 0.3) is 0 Å². The molecule has 2 N–H and O–H groups in total. The molecule has 0 saturated carbocycles. The summed E-state index contributed by atoms with van der Waals surface area (Å²) in [5.41, 5.74) is 0.867. The third kappa shape index (κ3) is 5.77. The maximum atomic E-state index is 13.2. The summed E-state index contributed by atoms with van der Waals surface area (Å²) in [6.45, 7) is 3.99. The first-order chi connectivity index (χ1) is 12.0. The van der Waals surface area contributed by atoms with Crippen LogP contribution in [0.2, 0.25) is 5.02 Å². The summed E-state index contributed by atoms with van der Waals surface area (Å²) in [5, 5.41) is 6.64. The van der Waals surface area contributed by atoms with E-state index >= 15 is 0 Å². The van der Waals surface area contributed by atoms with E-state index < -0.39 is 5.82 Å². The Morgan fingerprint density at radius 3 is 2.76 bits per heavy atom. The molecule has 25 heavy (non-hydrogen) atoms. The van der Waals surface area contributed by atoms with Crippen LogP contribution >= 0.6 is 11.6 Å². The Hall–Kier alpha value is -2.02. The lowest BCUT2D eigenvalue weighted by Gasteiger charge is -2.32. The topological polar surface area (TPSA) is 66.0 Å². The second-order valence-electron chi connectivity index (χ2n) is 5.78. The number of hydrogen-bond acceptors (Lipinski definition) is 3. The fraction of sp³-hybridized carbons (Fsp3) is 0.529. The number of carbonyl (C=O) groups excluding carboxylic acids is 1. The summed E-state index contributed by atoms with van der Waals surface area (Å²) in [7, 11) is 1.70. The molecule has 0 bridgehead atoms. The van der Waals surface area contributed by atoms with Gasteiger partial charge in [0.15, 0.2) is 5.96 Å². The number of guanidine groups is 1. The van der Waals surface area contributed by atoms with Gasteiger partial charge in [-0.3, -0.25) is 4.99 Å². The summed E-state index contributed by atoms with van der Waals surface area (Å²) in [5.74, 6) is 0.233. The van der Waals surface area contributed by atoms with Crippen molar-refractivity contribution in [3.05, 3.63) is 34.6 Å². The van der Waals surface area contributed by atoms with Gasteiger partial charge < -0.3 is 20.3 Å². The number of halogens is 2. The third-order valence-electron chi connectivity index (χ3n) is 4.03. The van der Waals surface area contributed by atoms with Crippen LogP contribution in [0.1, 0.15) is 25.3 Å². The zero-order valence-electron chi connectivity index (χ0n) is 14.5. The molecule has 138 valence electrons. The van der Waals surface area contributed by atoms with Crippen molar-refractivity contribution < 1.29 is 13.9 Å². The van der Waals surface area contributed by atoms with Crippen LogP contribution in [0.5, 0.6) is 0 Å². The number of amides is 1. The number of rotatable bonds is 4. The van der Waals surface area contributed by atoms with Gasteiger partial charge in [0.1, 0.15) is 5.82 Å². The van der Waals surface area contributed by atoms with E-state index in [4.69, 9.17) is 16.3 Å². The zero-order chi connectivity index (χ0) is 18.2. The lowest BCUT2D eigenvalue weighted by atomic mass is 10.1. The van der Waals surface area contributed by atoms with E-state index in [1.54, 1.807) is 31.0 Å². The molecule has 2 rings (SSSR count). The number of carbonyl (C=O) groups is 1. The number of aliphatic imine (C=N–C) groups is 1. The highest BCUT2D eigenvalue weighted by molar-refractivity contribution is 6.30. The molecule has 1 amide bonds. The minimum absolute atomic E-state index is 0.105. The largest absolute Gasteiger partial charge is 0.450 e. The lowest BCUT2D eigenvalue weighted by Crippen LogP contribution is -2.49. The molecule has 8 heteroatoms. The molecule has 0 atom stereocenters. The van der Waals surface area contributed by atoms with Crippen molar-refractivity contribution in [2.45, 2.75) is 32.4 Å². The summed E-state index contributed by atoms with van der Waals surface area (Å²) < 4.78 is 18.2. The predicted octanol–water partition coefficient (Wildman–Crippen LogP) is 2.77. The second-order valence-corrected chi connectivity index (χ2v) is 6.19. The Bertz CT molecular complexity index is 619. The highest BCUT2D eigenvalue weighted by Gasteiger charge is 2.23. The Kier molecular flexibility index (Phi) is 7.31. The zero-order valence-corrected chi connectivity index (χ0v) is 15.3. The van der Waals surface area contributed by atoms with Gasteiger partial charge in [-0.15, -0.1) is 0 Å². The van der Waals surface area contributed by atoms with Crippen LogP contribution in [0.3, 0.4) is 0 Å². The van der Waals surface area contributed by atoms with Crippen LogP contribution in [-0.2, 0) is 11.3 Å². The molecular weight excluding hydrogens is 347 g/mol. The second kappa shape index (κ2) is 9.46. The van der Waals surface area contributed by atoms with Gasteiger partial charge in [0.25, 0.3) is 0 Å². The van der Waals surface area contributed by atoms with Gasteiger partial charge in [0.05, 0.1) is 11.6 Å². The molecule has 0 aromatic heterocycles. The van der Waals surface area contributed by atoms with Crippen LogP contribution in [-0.4, -0.2) is 49.7 Å². The van der Waals surface area contributed by atoms with E-state index in [2.05, 4.69) is 15.6 Å². The highest BCUT2D eigenvalue weighted by Crippen LogP contribution is 2.16. The first-order valence-electron chi connectivity index (χ1n) is 8.36. The van der Waals surface area contributed by atoms with Gasteiger partial charge in [0, 0.05) is 32.7 Å². The number of likely N-dealkylation sites (tertiary alicyclic amines) is 1. The SMILES string of the molecule is CCOC(=O)N1CCC(NC(=NC)NCc2ccc(F)c(Cl)c2)CC1. The average Bonchev–Trinajstić information content (AvgIpc) is 2.62. The van der Waals surface area contributed by atoms with Crippen molar-refractivity contribution in [1.82, 2.24) is 15.5 Å². The lowest BCUT2D eigenvalue weighted by molar-refractivity contribution is 0.0963. The number of piperidine rings is 1. The van der Waals surface area contributed by atoms with Crippen LogP contribution in [0.4, 0.5) is 9.18 Å². The van der Waals surface area contributed by atoms with E-state index in [9.17, 15) is 9.18 Å². The molecule has 0 unspecified atom stereocenters. The fourth-order valence-corrected chi connectivity index (χ4v) is 2.85. The molecule has 0 aliphatic carbocycles. The van der Waals surface area contributed by atoms with Crippen molar-refractivity contribution in [1.29, 1.82) is 0 Å². The van der Waals surface area contributed by atoms with Crippen LogP contribution in [0.15, 0.2) is 23.2 Å². The van der Waals surface area contributed by atoms with E-state index in [-0.39, 0.29) is 17.2 Å². The van der Waals surface area contributed by atoms with Gasteiger partial charge in [-0.2, -0.15) is 0 Å². The summed E-state index contributed by atoms with van der Waals surface area (Å²) in [6, 6.07) is 4.85. The standard InChI is InChI=1S/C17H24ClFN4O2/c1-3-25-17(24)23-8-6-13(7-9-23)22-16(20-2)21-11-12-4-5-15(19)14(18)10-12/h4-5,10,13H,3,6-9,11H2,1-2H3,(H2,20,21,22). The minimum atomic E-state index is -0.429. The molecule has 1 aliphatic heterocycles. The van der Waals surface area contributed by atoms with Crippen molar-refractivity contribution in [3.63, 3.8) is 0 Å². The Balaban J connectivity index is 1.79. The first kappa shape index (κ1) is 19.3. The quantitative estimate of drug-likeness (QED) is 0.631. The average molecular weight is 371 g/mol. The molecule has 1 saturated heterocycles. The van der Waals surface area contributed by atoms with Gasteiger partial charge >= 0.3 is 6.09 Å². The number of hydrogen-bond donors (Lipinski definition) is 2. The van der Waals surface area contributed by atoms with Crippen LogP contribution < -0.4 is 10.6 Å². The van der Waals surface area contributed by atoms with Gasteiger partial charge in [-0.25, -0.2) is 9.18 Å². The molecule has 1 aliphatic rings. The number of ether oxygens (including phenoxy) is 1. The van der Waals surface area contributed by atoms with Crippen molar-refractivity contribution in [2.75, 3.05) is 26.7 Å². The van der Waals surface area contributed by atoms with Gasteiger partial charge in [-0.05, 0) is 37.5 Å². The molecular formula is C17H24ClFN4O2. The maximum absolute atomic E-state index is 13.2. The smallest absolute Gasteiger partial charge is 0.409 e. The number of nitrogens with one attached hydrogen (secondary N) is 2. The van der Waals surface area contributed by atoms with Gasteiger partial charge in [0.2, 0.25) is 0 Å². The van der Waals surface area contributed by atoms with Crippen molar-refractivity contribution in [2.24, 2.45) is 4.99 Å². The van der Waals surface area contributed by atoms with E-state index in [1.807, 2.05) is 0 Å². The molecule has 1 fully saturated rings. The van der Waals surface area contributed by atoms with Crippen LogP contribution in [0, 0.1) is 5.82 Å². The third-order valence-corrected chi connectivity index (χ3v) is 4.32. The maximum Gasteiger partial charge on any atom is 0.409 e. The predicted molar refractivity (Wildman–Crippen MR) is 96.4 cm³/mol. The van der Waals surface area contributed by atoms with E-state index in [0.717, 1.165) is 18.4 Å². The molecule has 1 aromatic carbocycles. The molecule has 0 radical (unpaired) electrons. The Morgan fingerprint density at radius 1 is 1.44 bits per heavy atom. The minimum Gasteiger partial charge on any atom is -0.450 e. The normalized spacial score (nSPS) is 15.8. The summed E-state index contributed by atoms with van der Waals surface area (Å²) in [6.07, 6.45) is 1.39. The summed E-state index contributed by atoms with van der Waals surface area (Å²) in [4.78, 5) is 17.6. The monoisotopic (exact) mass is 370 g/mol. The van der Waals surface area contributed by atoms with Gasteiger partial charge in [-0.1, -0.05) is 17.7 Å². The van der Waals surface area contributed by atoms with Crippen molar-refractivity contribution >= 4 is 23.7 Å². The Morgan fingerprint density at radius 2 is 2.16 bits per heavy atom. The molecule has 1 heterocycles. The number of nitrogens with zero attached hydrogens (tertiary/aromatic N) is 2. The molecule has 0 spiro atoms. The van der Waals surface area contributed by atoms with E-state index in [0.29, 0.717) is 32.2 Å². The first-order valence-corrected chi connectivity index (χ1v) is 8.74. The summed E-state index contributed by atoms with van der Waals surface area (Å²) >= 11 is 5.79. The van der Waals surface area contributed by atoms with Crippen molar-refractivity contribution in [3.8, 4) is 0 Å².